The largest absolute Gasteiger partial charge is 0.480 e. The predicted octanol–water partition coefficient (Wildman–Crippen LogP) is -3.94. The second-order valence-corrected chi connectivity index (χ2v) is 10.4. The van der Waals surface area contributed by atoms with Gasteiger partial charge in [0.25, 0.3) is 0 Å². The zero-order valence-electron chi connectivity index (χ0n) is 24.8. The van der Waals surface area contributed by atoms with E-state index in [4.69, 9.17) is 10.8 Å². The van der Waals surface area contributed by atoms with Gasteiger partial charge in [-0.2, -0.15) is 0 Å². The lowest BCUT2D eigenvalue weighted by atomic mass is 10.0. The third-order valence-electron chi connectivity index (χ3n) is 5.57. The summed E-state index contributed by atoms with van der Waals surface area (Å²) in [6, 6.07) is -4.00. The Kier molecular flexibility index (Phi) is 17.0. The molecule has 0 aromatic rings. The van der Waals surface area contributed by atoms with Gasteiger partial charge in [0.15, 0.2) is 0 Å². The summed E-state index contributed by atoms with van der Waals surface area (Å²) in [7, 11) is 0. The molecule has 0 aliphatic carbocycles. The molecule has 0 aromatic heterocycles. The molecular weight excluding hydrogens is 556 g/mol. The monoisotopic (exact) mass is 600 g/mol. The predicted molar refractivity (Wildman–Crippen MR) is 149 cm³/mol. The third kappa shape index (κ3) is 16.1. The highest BCUT2D eigenvalue weighted by Crippen LogP contribution is 2.02. The number of carbonyl (C=O) groups is 8. The van der Waals surface area contributed by atoms with E-state index in [1.54, 1.807) is 13.8 Å². The number of carboxylic acids is 1. The van der Waals surface area contributed by atoms with Gasteiger partial charge in [-0.25, -0.2) is 4.79 Å². The summed E-state index contributed by atoms with van der Waals surface area (Å²) in [5, 5.41) is 25.2. The first-order valence-corrected chi connectivity index (χ1v) is 13.4. The summed E-state index contributed by atoms with van der Waals surface area (Å²) in [5.41, 5.74) is 5.74. The van der Waals surface area contributed by atoms with Crippen LogP contribution in [0.15, 0.2) is 0 Å². The van der Waals surface area contributed by atoms with E-state index in [0.717, 1.165) is 0 Å². The van der Waals surface area contributed by atoms with Gasteiger partial charge in [0, 0.05) is 0 Å². The lowest BCUT2D eigenvalue weighted by molar-refractivity contribution is -0.143. The fraction of sp³-hybridized carbons (Fsp3) is 0.680. The quantitative estimate of drug-likeness (QED) is 0.0737. The van der Waals surface area contributed by atoms with Crippen LogP contribution in [0.3, 0.4) is 0 Å². The van der Waals surface area contributed by atoms with Gasteiger partial charge in [0.2, 0.25) is 41.4 Å². The van der Waals surface area contributed by atoms with Crippen molar-refractivity contribution in [1.29, 1.82) is 0 Å². The Morgan fingerprint density at radius 1 is 0.571 bits per heavy atom. The normalized spacial score (nSPS) is 13.5. The van der Waals surface area contributed by atoms with E-state index in [1.165, 1.54) is 13.8 Å². The fourth-order valence-corrected chi connectivity index (χ4v) is 3.25. The van der Waals surface area contributed by atoms with Crippen LogP contribution in [-0.4, -0.2) is 103 Å². The van der Waals surface area contributed by atoms with Crippen molar-refractivity contribution < 1.29 is 43.5 Å². The maximum Gasteiger partial charge on any atom is 0.326 e. The Bertz CT molecular complexity index is 1000. The van der Waals surface area contributed by atoms with Gasteiger partial charge in [-0.3, -0.25) is 33.6 Å². The summed E-state index contributed by atoms with van der Waals surface area (Å²) in [6.45, 7) is 7.81. The minimum atomic E-state index is -1.21. The fourth-order valence-electron chi connectivity index (χ4n) is 3.25. The van der Waals surface area contributed by atoms with E-state index in [9.17, 15) is 38.4 Å². The number of hydrogen-bond acceptors (Lipinski definition) is 9. The number of nitrogens with one attached hydrogen (secondary N) is 7. The zero-order chi connectivity index (χ0) is 32.6. The average Bonchev–Trinajstić information content (AvgIpc) is 2.89. The lowest BCUT2D eigenvalue weighted by Crippen LogP contribution is -2.52. The Labute approximate surface area is 244 Å². The van der Waals surface area contributed by atoms with Gasteiger partial charge in [-0.15, -0.1) is 0 Å². The van der Waals surface area contributed by atoms with Crippen molar-refractivity contribution in [2.75, 3.05) is 26.2 Å². The Hall–Kier alpha value is -4.28. The van der Waals surface area contributed by atoms with Gasteiger partial charge in [-0.05, 0) is 32.1 Å². The Balaban J connectivity index is 4.34. The van der Waals surface area contributed by atoms with Gasteiger partial charge >= 0.3 is 5.97 Å². The molecule has 17 nitrogen and oxygen atoms in total. The summed E-state index contributed by atoms with van der Waals surface area (Å²) >= 11 is 0. The molecule has 0 aliphatic rings. The number of carbonyl (C=O) groups excluding carboxylic acids is 7. The van der Waals surface area contributed by atoms with Crippen LogP contribution >= 0.6 is 0 Å². The van der Waals surface area contributed by atoms with Crippen molar-refractivity contribution in [3.05, 3.63) is 0 Å². The lowest BCUT2D eigenvalue weighted by Gasteiger charge is -2.19. The SMILES string of the molecule is CC(C)C[C@H](N)C(=O)NCC(=O)N[C@@H](C)C(=O)NCC(=O)NCC(=O)N[C@@H](C)C(=O)NCC(=O)N[C@H](C(=O)O)C(C)C. The first-order valence-electron chi connectivity index (χ1n) is 13.4. The van der Waals surface area contributed by atoms with Crippen LogP contribution in [0.4, 0.5) is 0 Å². The minimum absolute atomic E-state index is 0.198. The van der Waals surface area contributed by atoms with E-state index in [0.29, 0.717) is 6.42 Å². The zero-order valence-corrected chi connectivity index (χ0v) is 24.8. The molecule has 0 fully saturated rings. The Morgan fingerprint density at radius 3 is 1.36 bits per heavy atom. The number of hydrogen-bond donors (Lipinski definition) is 9. The molecule has 0 saturated carbocycles. The highest BCUT2D eigenvalue weighted by atomic mass is 16.4. The van der Waals surface area contributed by atoms with Crippen LogP contribution in [-0.2, 0) is 38.4 Å². The summed E-state index contributed by atoms with van der Waals surface area (Å²) in [5.74, 6) is -6.12. The summed E-state index contributed by atoms with van der Waals surface area (Å²) in [4.78, 5) is 95.2. The number of rotatable bonds is 18. The molecule has 17 heteroatoms. The van der Waals surface area contributed by atoms with E-state index in [1.807, 2.05) is 13.8 Å². The molecule has 0 radical (unpaired) electrons. The first kappa shape index (κ1) is 37.7. The van der Waals surface area contributed by atoms with Crippen LogP contribution in [0.25, 0.3) is 0 Å². The number of nitrogens with two attached hydrogens (primary N) is 1. The molecule has 0 spiro atoms. The molecule has 0 unspecified atom stereocenters. The van der Waals surface area contributed by atoms with Crippen molar-refractivity contribution in [2.24, 2.45) is 17.6 Å². The van der Waals surface area contributed by atoms with Crippen LogP contribution in [0.2, 0.25) is 0 Å². The van der Waals surface area contributed by atoms with Crippen molar-refractivity contribution in [1.82, 2.24) is 37.2 Å². The molecular formula is C25H44N8O9. The standard InChI is InChI=1S/C25H44N8O9/c1-12(2)7-16(26)24(40)30-10-19(36)32-14(5)22(38)28-8-17(34)27-9-18(35)31-15(6)23(39)29-11-20(37)33-21(13(3)4)25(41)42/h12-16,21H,7-11,26H2,1-6H3,(H,27,34)(H,28,38)(H,29,39)(H,30,40)(H,31,35)(H,32,36)(H,33,37)(H,41,42)/t14-,15-,16-,21-/m0/s1. The van der Waals surface area contributed by atoms with E-state index in [2.05, 4.69) is 37.2 Å². The van der Waals surface area contributed by atoms with Crippen molar-refractivity contribution in [2.45, 2.75) is 72.1 Å². The van der Waals surface area contributed by atoms with Gasteiger partial charge in [-0.1, -0.05) is 27.7 Å². The molecule has 0 aliphatic heterocycles. The van der Waals surface area contributed by atoms with Crippen LogP contribution < -0.4 is 43.0 Å². The van der Waals surface area contributed by atoms with Crippen molar-refractivity contribution in [3.63, 3.8) is 0 Å². The van der Waals surface area contributed by atoms with E-state index in [-0.39, 0.29) is 18.4 Å². The molecule has 10 N–H and O–H groups in total. The molecule has 0 rings (SSSR count). The highest BCUT2D eigenvalue weighted by Gasteiger charge is 2.24. The van der Waals surface area contributed by atoms with E-state index < -0.39 is 91.1 Å². The molecule has 7 amide bonds. The van der Waals surface area contributed by atoms with Crippen LogP contribution in [0.1, 0.15) is 48.0 Å². The maximum atomic E-state index is 12.1. The average molecular weight is 601 g/mol. The second kappa shape index (κ2) is 19.0. The highest BCUT2D eigenvalue weighted by molar-refractivity contribution is 5.94. The third-order valence-corrected chi connectivity index (χ3v) is 5.57. The van der Waals surface area contributed by atoms with Gasteiger partial charge in [0.05, 0.1) is 32.2 Å². The molecule has 0 bridgehead atoms. The molecule has 42 heavy (non-hydrogen) atoms. The van der Waals surface area contributed by atoms with Crippen LogP contribution in [0.5, 0.6) is 0 Å². The van der Waals surface area contributed by atoms with E-state index >= 15 is 0 Å². The molecule has 4 atom stereocenters. The first-order chi connectivity index (χ1) is 19.4. The smallest absolute Gasteiger partial charge is 0.326 e. The Morgan fingerprint density at radius 2 is 0.952 bits per heavy atom. The van der Waals surface area contributed by atoms with Crippen molar-refractivity contribution >= 4 is 47.3 Å². The summed E-state index contributed by atoms with van der Waals surface area (Å²) in [6.07, 6.45) is 0.445. The number of amides is 7. The van der Waals surface area contributed by atoms with Gasteiger partial charge in [0.1, 0.15) is 18.1 Å². The number of aliphatic carboxylic acids is 1. The maximum absolute atomic E-state index is 12.1. The minimum Gasteiger partial charge on any atom is -0.480 e. The molecule has 0 aromatic carbocycles. The summed E-state index contributed by atoms with van der Waals surface area (Å²) < 4.78 is 0. The molecule has 0 saturated heterocycles. The van der Waals surface area contributed by atoms with Crippen LogP contribution in [0, 0.1) is 11.8 Å². The molecule has 0 heterocycles. The molecule has 238 valence electrons. The topological polar surface area (TPSA) is 267 Å². The second-order valence-electron chi connectivity index (χ2n) is 10.4. The van der Waals surface area contributed by atoms with Crippen molar-refractivity contribution in [3.8, 4) is 0 Å². The number of carboxylic acid groups (broad SMARTS) is 1. The van der Waals surface area contributed by atoms with Gasteiger partial charge < -0.3 is 48.1 Å².